The molecule has 0 saturated carbocycles. The van der Waals surface area contributed by atoms with E-state index in [1.807, 2.05) is 6.08 Å². The lowest BCUT2D eigenvalue weighted by atomic mass is 9.89. The summed E-state index contributed by atoms with van der Waals surface area (Å²) >= 11 is 0. The van der Waals surface area contributed by atoms with Crippen LogP contribution in [0.4, 0.5) is 0 Å². The average molecular weight is 128 g/mol. The zero-order valence-electron chi connectivity index (χ0n) is 6.77. The Morgan fingerprint density at radius 1 is 1.44 bits per heavy atom. The second kappa shape index (κ2) is 3.02. The minimum absolute atomic E-state index is 0.164. The molecule has 0 radical (unpaired) electrons. The van der Waals surface area contributed by atoms with Crippen LogP contribution in [0.15, 0.2) is 12.7 Å². The van der Waals surface area contributed by atoms with Crippen LogP contribution < -0.4 is 0 Å². The third kappa shape index (κ3) is 2.66. The van der Waals surface area contributed by atoms with Gasteiger partial charge in [0.15, 0.2) is 0 Å². The number of hydrogen-bond donors (Lipinski definition) is 0. The molecule has 0 aromatic rings. The van der Waals surface area contributed by atoms with Crippen LogP contribution in [0.5, 0.6) is 0 Å². The van der Waals surface area contributed by atoms with Gasteiger partial charge < -0.3 is 4.74 Å². The Kier molecular flexibility index (Phi) is 2.92. The first kappa shape index (κ1) is 8.70. The van der Waals surface area contributed by atoms with E-state index in [9.17, 15) is 0 Å². The summed E-state index contributed by atoms with van der Waals surface area (Å²) in [6.07, 6.45) is 2.00. The molecule has 0 bridgehead atoms. The van der Waals surface area contributed by atoms with Gasteiger partial charge in [-0.1, -0.05) is 26.8 Å². The molecule has 1 heteroatoms. The van der Waals surface area contributed by atoms with Gasteiger partial charge in [-0.2, -0.15) is 0 Å². The van der Waals surface area contributed by atoms with Crippen LogP contribution in [0.3, 0.4) is 0 Å². The van der Waals surface area contributed by atoms with Crippen molar-refractivity contribution in [2.45, 2.75) is 26.9 Å². The second-order valence-electron chi connectivity index (χ2n) is 3.26. The highest BCUT2D eigenvalue weighted by Gasteiger charge is 2.20. The Balaban J connectivity index is 3.94. The van der Waals surface area contributed by atoms with E-state index in [0.29, 0.717) is 0 Å². The molecule has 0 aliphatic carbocycles. The summed E-state index contributed by atoms with van der Waals surface area (Å²) in [5.41, 5.74) is 0.177. The fraction of sp³-hybridized carbons (Fsp3) is 0.750. The van der Waals surface area contributed by atoms with Crippen LogP contribution in [0.1, 0.15) is 20.8 Å². The highest BCUT2D eigenvalue weighted by atomic mass is 16.5. The van der Waals surface area contributed by atoms with Gasteiger partial charge in [0, 0.05) is 7.11 Å². The number of methoxy groups -OCH3 is 1. The second-order valence-corrected chi connectivity index (χ2v) is 3.26. The van der Waals surface area contributed by atoms with Crippen molar-refractivity contribution in [3.63, 3.8) is 0 Å². The van der Waals surface area contributed by atoms with Crippen molar-refractivity contribution in [3.05, 3.63) is 12.7 Å². The van der Waals surface area contributed by atoms with Crippen LogP contribution in [-0.4, -0.2) is 13.2 Å². The maximum absolute atomic E-state index is 5.15. The van der Waals surface area contributed by atoms with Crippen molar-refractivity contribution in [1.29, 1.82) is 0 Å². The molecule has 1 nitrogen and oxygen atoms in total. The topological polar surface area (TPSA) is 9.23 Å². The van der Waals surface area contributed by atoms with Gasteiger partial charge in [-0.3, -0.25) is 0 Å². The van der Waals surface area contributed by atoms with E-state index in [1.54, 1.807) is 7.11 Å². The summed E-state index contributed by atoms with van der Waals surface area (Å²) in [6, 6.07) is 0. The summed E-state index contributed by atoms with van der Waals surface area (Å²) < 4.78 is 5.15. The standard InChI is InChI=1S/C8H16O/c1-6-7(9-5)8(2,3)4/h6-7H,1H2,2-5H3/t7-/m1/s1. The quantitative estimate of drug-likeness (QED) is 0.518. The molecule has 0 aromatic carbocycles. The summed E-state index contributed by atoms with van der Waals surface area (Å²) in [4.78, 5) is 0. The summed E-state index contributed by atoms with van der Waals surface area (Å²) in [5.74, 6) is 0. The van der Waals surface area contributed by atoms with Gasteiger partial charge in [0.05, 0.1) is 6.10 Å². The summed E-state index contributed by atoms with van der Waals surface area (Å²) in [6.45, 7) is 10.1. The molecule has 1 atom stereocenters. The zero-order valence-corrected chi connectivity index (χ0v) is 6.77. The third-order valence-corrected chi connectivity index (χ3v) is 1.32. The number of ether oxygens (including phenoxy) is 1. The fourth-order valence-electron chi connectivity index (χ4n) is 0.803. The molecule has 0 heterocycles. The SMILES string of the molecule is C=C[C@@H](OC)C(C)(C)C. The van der Waals surface area contributed by atoms with Crippen LogP contribution in [0.2, 0.25) is 0 Å². The van der Waals surface area contributed by atoms with Crippen molar-refractivity contribution in [1.82, 2.24) is 0 Å². The Morgan fingerprint density at radius 2 is 1.89 bits per heavy atom. The molecular formula is C8H16O. The van der Waals surface area contributed by atoms with Crippen molar-refractivity contribution < 1.29 is 4.74 Å². The maximum atomic E-state index is 5.15. The van der Waals surface area contributed by atoms with E-state index in [0.717, 1.165) is 0 Å². The largest absolute Gasteiger partial charge is 0.377 e. The van der Waals surface area contributed by atoms with Gasteiger partial charge in [-0.05, 0) is 5.41 Å². The lowest BCUT2D eigenvalue weighted by Crippen LogP contribution is -2.25. The maximum Gasteiger partial charge on any atom is 0.0797 e. The minimum atomic E-state index is 0.164. The van der Waals surface area contributed by atoms with Gasteiger partial charge in [0.25, 0.3) is 0 Å². The molecule has 0 amide bonds. The first-order chi connectivity index (χ1) is 4.02. The first-order valence-electron chi connectivity index (χ1n) is 3.17. The van der Waals surface area contributed by atoms with Gasteiger partial charge >= 0.3 is 0 Å². The van der Waals surface area contributed by atoms with E-state index in [2.05, 4.69) is 27.4 Å². The highest BCUT2D eigenvalue weighted by Crippen LogP contribution is 2.21. The van der Waals surface area contributed by atoms with E-state index in [1.165, 1.54) is 0 Å². The number of hydrogen-bond acceptors (Lipinski definition) is 1. The summed E-state index contributed by atoms with van der Waals surface area (Å²) in [5, 5.41) is 0. The van der Waals surface area contributed by atoms with Crippen LogP contribution >= 0.6 is 0 Å². The van der Waals surface area contributed by atoms with Gasteiger partial charge in [-0.15, -0.1) is 6.58 Å². The molecule has 0 aromatic heterocycles. The lowest BCUT2D eigenvalue weighted by Gasteiger charge is -2.25. The van der Waals surface area contributed by atoms with E-state index < -0.39 is 0 Å². The molecule has 0 saturated heterocycles. The van der Waals surface area contributed by atoms with E-state index in [4.69, 9.17) is 4.74 Å². The van der Waals surface area contributed by atoms with Crippen molar-refractivity contribution in [2.24, 2.45) is 5.41 Å². The van der Waals surface area contributed by atoms with Crippen LogP contribution in [-0.2, 0) is 4.74 Å². The molecule has 0 rings (SSSR count). The lowest BCUT2D eigenvalue weighted by molar-refractivity contribution is 0.0538. The van der Waals surface area contributed by atoms with E-state index in [-0.39, 0.29) is 11.5 Å². The smallest absolute Gasteiger partial charge is 0.0797 e. The molecule has 0 spiro atoms. The molecule has 0 N–H and O–H groups in total. The van der Waals surface area contributed by atoms with Crippen molar-refractivity contribution in [3.8, 4) is 0 Å². The molecule has 0 aliphatic heterocycles. The summed E-state index contributed by atoms with van der Waals surface area (Å²) in [7, 11) is 1.71. The molecule has 0 aliphatic rings. The molecular weight excluding hydrogens is 112 g/mol. The monoisotopic (exact) mass is 128 g/mol. The van der Waals surface area contributed by atoms with E-state index >= 15 is 0 Å². The van der Waals surface area contributed by atoms with Crippen LogP contribution in [0.25, 0.3) is 0 Å². The van der Waals surface area contributed by atoms with Gasteiger partial charge in [-0.25, -0.2) is 0 Å². The predicted octanol–water partition coefficient (Wildman–Crippen LogP) is 2.23. The first-order valence-corrected chi connectivity index (χ1v) is 3.17. The molecule has 9 heavy (non-hydrogen) atoms. The molecule has 0 fully saturated rings. The van der Waals surface area contributed by atoms with Crippen LogP contribution in [0, 0.1) is 5.41 Å². The normalized spacial score (nSPS) is 15.1. The number of rotatable bonds is 2. The Hall–Kier alpha value is -0.300. The zero-order chi connectivity index (χ0) is 7.49. The Labute approximate surface area is 57.7 Å². The van der Waals surface area contributed by atoms with Gasteiger partial charge in [0.2, 0.25) is 0 Å². The predicted molar refractivity (Wildman–Crippen MR) is 40.4 cm³/mol. The van der Waals surface area contributed by atoms with Crippen molar-refractivity contribution in [2.75, 3.05) is 7.11 Å². The highest BCUT2D eigenvalue weighted by molar-refractivity contribution is 4.88. The minimum Gasteiger partial charge on any atom is -0.377 e. The Morgan fingerprint density at radius 3 is 1.89 bits per heavy atom. The third-order valence-electron chi connectivity index (χ3n) is 1.32. The average Bonchev–Trinajstić information content (AvgIpc) is 1.65. The van der Waals surface area contributed by atoms with Crippen molar-refractivity contribution >= 4 is 0 Å². The molecule has 0 unspecified atom stereocenters. The Bertz CT molecular complexity index is 89.2. The molecule has 54 valence electrons. The van der Waals surface area contributed by atoms with Gasteiger partial charge in [0.1, 0.15) is 0 Å². The fourth-order valence-corrected chi connectivity index (χ4v) is 0.803.